The summed E-state index contributed by atoms with van der Waals surface area (Å²) in [4.78, 5) is 0. The van der Waals surface area contributed by atoms with Crippen LogP contribution in [0.15, 0.2) is 24.8 Å². The topological polar surface area (TPSA) is 39.7 Å². The third-order valence-electron chi connectivity index (χ3n) is 2.76. The molecule has 1 atom stereocenters. The Hall–Kier alpha value is -1.68. The summed E-state index contributed by atoms with van der Waals surface area (Å²) >= 11 is 0. The molecule has 0 amide bonds. The van der Waals surface area contributed by atoms with Gasteiger partial charge < -0.3 is 19.5 Å². The van der Waals surface area contributed by atoms with Crippen LogP contribution in [0.2, 0.25) is 0 Å². The van der Waals surface area contributed by atoms with Gasteiger partial charge in [0.05, 0.1) is 21.3 Å². The highest BCUT2D eigenvalue weighted by atomic mass is 16.5. The number of rotatable bonds is 7. The van der Waals surface area contributed by atoms with Gasteiger partial charge in [0.2, 0.25) is 5.75 Å². The average molecular weight is 251 g/mol. The van der Waals surface area contributed by atoms with Gasteiger partial charge in [-0.1, -0.05) is 6.08 Å². The van der Waals surface area contributed by atoms with E-state index in [4.69, 9.17) is 14.2 Å². The number of methoxy groups -OCH3 is 3. The van der Waals surface area contributed by atoms with Crippen LogP contribution in [0.5, 0.6) is 17.2 Å². The first-order chi connectivity index (χ1) is 8.67. The number of ether oxygens (including phenoxy) is 3. The van der Waals surface area contributed by atoms with E-state index >= 15 is 0 Å². The zero-order valence-electron chi connectivity index (χ0n) is 11.4. The minimum absolute atomic E-state index is 0.178. The van der Waals surface area contributed by atoms with E-state index in [1.165, 1.54) is 0 Å². The molecule has 0 fully saturated rings. The van der Waals surface area contributed by atoms with Gasteiger partial charge in [0, 0.05) is 12.6 Å². The van der Waals surface area contributed by atoms with Crippen molar-refractivity contribution in [2.45, 2.75) is 13.0 Å². The molecule has 100 valence electrons. The Labute approximate surface area is 109 Å². The molecule has 1 rings (SSSR count). The fourth-order valence-corrected chi connectivity index (χ4v) is 1.73. The normalized spacial score (nSPS) is 11.8. The van der Waals surface area contributed by atoms with Crippen molar-refractivity contribution in [3.05, 3.63) is 30.4 Å². The smallest absolute Gasteiger partial charge is 0.203 e. The van der Waals surface area contributed by atoms with E-state index in [9.17, 15) is 0 Å². The Bertz CT molecular complexity index is 379. The van der Waals surface area contributed by atoms with Gasteiger partial charge in [-0.25, -0.2) is 0 Å². The first kappa shape index (κ1) is 14.4. The summed E-state index contributed by atoms with van der Waals surface area (Å²) in [6, 6.07) is 4.07. The van der Waals surface area contributed by atoms with Crippen LogP contribution in [0.3, 0.4) is 0 Å². The summed E-state index contributed by atoms with van der Waals surface area (Å²) in [5, 5.41) is 3.32. The summed E-state index contributed by atoms with van der Waals surface area (Å²) in [6.45, 7) is 6.51. The van der Waals surface area contributed by atoms with Crippen LogP contribution in [0.25, 0.3) is 0 Å². The zero-order valence-corrected chi connectivity index (χ0v) is 11.4. The molecule has 0 radical (unpaired) electrons. The molecule has 0 bridgehead atoms. The van der Waals surface area contributed by atoms with Crippen molar-refractivity contribution in [3.63, 3.8) is 0 Å². The minimum Gasteiger partial charge on any atom is -0.493 e. The molecule has 1 N–H and O–H groups in total. The van der Waals surface area contributed by atoms with Crippen molar-refractivity contribution in [3.8, 4) is 17.2 Å². The maximum atomic E-state index is 5.32. The van der Waals surface area contributed by atoms with E-state index in [-0.39, 0.29) is 6.04 Å². The predicted molar refractivity (Wildman–Crippen MR) is 72.7 cm³/mol. The van der Waals surface area contributed by atoms with Gasteiger partial charge in [0.25, 0.3) is 0 Å². The van der Waals surface area contributed by atoms with Crippen LogP contribution in [-0.4, -0.2) is 27.9 Å². The molecule has 0 aliphatic heterocycles. The van der Waals surface area contributed by atoms with Crippen molar-refractivity contribution in [1.29, 1.82) is 0 Å². The van der Waals surface area contributed by atoms with Crippen molar-refractivity contribution in [1.82, 2.24) is 5.32 Å². The maximum Gasteiger partial charge on any atom is 0.203 e. The highest BCUT2D eigenvalue weighted by Crippen LogP contribution is 2.39. The lowest BCUT2D eigenvalue weighted by Gasteiger charge is -2.18. The van der Waals surface area contributed by atoms with E-state index in [0.717, 1.165) is 12.1 Å². The Morgan fingerprint density at radius 3 is 2.11 bits per heavy atom. The van der Waals surface area contributed by atoms with Crippen molar-refractivity contribution in [2.75, 3.05) is 27.9 Å². The van der Waals surface area contributed by atoms with E-state index in [0.29, 0.717) is 17.2 Å². The molecule has 0 saturated heterocycles. The van der Waals surface area contributed by atoms with Crippen LogP contribution in [-0.2, 0) is 0 Å². The number of benzene rings is 1. The first-order valence-electron chi connectivity index (χ1n) is 5.82. The lowest BCUT2D eigenvalue weighted by Crippen LogP contribution is -2.18. The molecule has 0 spiro atoms. The summed E-state index contributed by atoms with van der Waals surface area (Å²) in [5.74, 6) is 1.94. The second kappa shape index (κ2) is 6.91. The molecule has 18 heavy (non-hydrogen) atoms. The number of nitrogens with one attached hydrogen (secondary N) is 1. The molecule has 0 heterocycles. The quantitative estimate of drug-likeness (QED) is 0.756. The monoisotopic (exact) mass is 251 g/mol. The Balaban J connectivity index is 3.10. The van der Waals surface area contributed by atoms with Gasteiger partial charge in [-0.2, -0.15) is 0 Å². The van der Waals surface area contributed by atoms with Crippen molar-refractivity contribution >= 4 is 0 Å². The Morgan fingerprint density at radius 2 is 1.72 bits per heavy atom. The van der Waals surface area contributed by atoms with Crippen LogP contribution in [0, 0.1) is 0 Å². The van der Waals surface area contributed by atoms with Gasteiger partial charge in [-0.3, -0.25) is 0 Å². The summed E-state index contributed by atoms with van der Waals surface area (Å²) in [5.41, 5.74) is 1.08. The molecule has 0 aliphatic carbocycles. The van der Waals surface area contributed by atoms with E-state index < -0.39 is 0 Å². The fraction of sp³-hybridized carbons (Fsp3) is 0.429. The van der Waals surface area contributed by atoms with Gasteiger partial charge >= 0.3 is 0 Å². The summed E-state index contributed by atoms with van der Waals surface area (Å²) < 4.78 is 15.9. The van der Waals surface area contributed by atoms with Crippen molar-refractivity contribution < 1.29 is 14.2 Å². The molecule has 1 unspecified atom stereocenters. The van der Waals surface area contributed by atoms with Gasteiger partial charge in [-0.15, -0.1) is 6.58 Å². The first-order valence-corrected chi connectivity index (χ1v) is 5.82. The molecule has 0 aromatic heterocycles. The third-order valence-corrected chi connectivity index (χ3v) is 2.76. The number of hydrogen-bond donors (Lipinski definition) is 1. The van der Waals surface area contributed by atoms with Crippen LogP contribution >= 0.6 is 0 Å². The predicted octanol–water partition coefficient (Wildman–Crippen LogP) is 2.55. The largest absolute Gasteiger partial charge is 0.493 e. The fourth-order valence-electron chi connectivity index (χ4n) is 1.73. The second-order valence-corrected chi connectivity index (χ2v) is 3.88. The highest BCUT2D eigenvalue weighted by Gasteiger charge is 2.15. The van der Waals surface area contributed by atoms with Gasteiger partial charge in [-0.05, 0) is 24.6 Å². The Morgan fingerprint density at radius 1 is 1.17 bits per heavy atom. The zero-order chi connectivity index (χ0) is 13.5. The molecule has 4 heteroatoms. The lowest BCUT2D eigenvalue weighted by molar-refractivity contribution is 0.323. The lowest BCUT2D eigenvalue weighted by atomic mass is 10.1. The van der Waals surface area contributed by atoms with E-state index in [1.807, 2.05) is 18.2 Å². The number of hydrogen-bond acceptors (Lipinski definition) is 4. The summed E-state index contributed by atoms with van der Waals surface area (Å²) in [7, 11) is 4.82. The SMILES string of the molecule is C=CCNC(C)c1cc(OC)c(OC)c(OC)c1. The summed E-state index contributed by atoms with van der Waals surface area (Å²) in [6.07, 6.45) is 1.83. The molecule has 0 saturated carbocycles. The van der Waals surface area contributed by atoms with Crippen LogP contribution < -0.4 is 19.5 Å². The standard InChI is InChI=1S/C14H21NO3/c1-6-7-15-10(2)11-8-12(16-3)14(18-5)13(9-11)17-4/h6,8-10,15H,1,7H2,2-5H3. The van der Waals surface area contributed by atoms with E-state index in [1.54, 1.807) is 21.3 Å². The second-order valence-electron chi connectivity index (χ2n) is 3.88. The highest BCUT2D eigenvalue weighted by molar-refractivity contribution is 5.54. The average Bonchev–Trinajstić information content (AvgIpc) is 2.42. The van der Waals surface area contributed by atoms with Gasteiger partial charge in [0.15, 0.2) is 11.5 Å². The third kappa shape index (κ3) is 3.17. The molecule has 1 aromatic carbocycles. The van der Waals surface area contributed by atoms with Crippen molar-refractivity contribution in [2.24, 2.45) is 0 Å². The van der Waals surface area contributed by atoms with Crippen LogP contribution in [0.1, 0.15) is 18.5 Å². The molecule has 4 nitrogen and oxygen atoms in total. The minimum atomic E-state index is 0.178. The molecule has 1 aromatic rings. The van der Waals surface area contributed by atoms with Crippen LogP contribution in [0.4, 0.5) is 0 Å². The molecule has 0 aliphatic rings. The Kier molecular flexibility index (Phi) is 5.52. The maximum absolute atomic E-state index is 5.32. The molecular weight excluding hydrogens is 230 g/mol. The van der Waals surface area contributed by atoms with Gasteiger partial charge in [0.1, 0.15) is 0 Å². The molecular formula is C14H21NO3. The van der Waals surface area contributed by atoms with E-state index in [2.05, 4.69) is 18.8 Å².